The SMILES string of the molecule is Cn1c(-c2ccncc2OCC(C)(C)C)nc2cc(C(F)(F)F)cnc21. The van der Waals surface area contributed by atoms with E-state index in [9.17, 15) is 13.2 Å². The molecule has 138 valence electrons. The molecule has 0 aliphatic carbocycles. The molecule has 3 rings (SSSR count). The van der Waals surface area contributed by atoms with Crippen LogP contribution in [0.2, 0.25) is 0 Å². The van der Waals surface area contributed by atoms with Crippen LogP contribution in [0.15, 0.2) is 30.7 Å². The van der Waals surface area contributed by atoms with Crippen LogP contribution in [0.4, 0.5) is 13.2 Å². The van der Waals surface area contributed by atoms with Crippen molar-refractivity contribution in [1.29, 1.82) is 0 Å². The van der Waals surface area contributed by atoms with Crippen LogP contribution in [-0.2, 0) is 13.2 Å². The van der Waals surface area contributed by atoms with E-state index < -0.39 is 11.7 Å². The zero-order chi connectivity index (χ0) is 19.1. The Labute approximate surface area is 148 Å². The fourth-order valence-electron chi connectivity index (χ4n) is 2.45. The highest BCUT2D eigenvalue weighted by molar-refractivity contribution is 5.79. The summed E-state index contributed by atoms with van der Waals surface area (Å²) in [6.45, 7) is 6.59. The molecule has 0 radical (unpaired) electrons. The summed E-state index contributed by atoms with van der Waals surface area (Å²) in [6, 6.07) is 2.73. The molecule has 0 bridgehead atoms. The van der Waals surface area contributed by atoms with Gasteiger partial charge in [0.05, 0.1) is 23.9 Å². The van der Waals surface area contributed by atoms with E-state index in [1.54, 1.807) is 30.1 Å². The number of hydrogen-bond acceptors (Lipinski definition) is 4. The summed E-state index contributed by atoms with van der Waals surface area (Å²) >= 11 is 0. The van der Waals surface area contributed by atoms with Crippen LogP contribution in [0.5, 0.6) is 5.75 Å². The molecule has 3 aromatic heterocycles. The molecule has 0 aromatic carbocycles. The average Bonchev–Trinajstić information content (AvgIpc) is 2.88. The Hall–Kier alpha value is -2.64. The van der Waals surface area contributed by atoms with Gasteiger partial charge in [0, 0.05) is 19.4 Å². The number of halogens is 3. The predicted molar refractivity (Wildman–Crippen MR) is 91.7 cm³/mol. The molecule has 0 aliphatic heterocycles. The second-order valence-corrected chi connectivity index (χ2v) is 7.28. The lowest BCUT2D eigenvalue weighted by Crippen LogP contribution is -2.17. The van der Waals surface area contributed by atoms with Gasteiger partial charge in [0.2, 0.25) is 0 Å². The molecule has 3 aromatic rings. The van der Waals surface area contributed by atoms with Crippen molar-refractivity contribution in [2.24, 2.45) is 12.5 Å². The minimum Gasteiger partial charge on any atom is -0.491 e. The molecule has 0 aliphatic rings. The maximum atomic E-state index is 12.9. The van der Waals surface area contributed by atoms with Gasteiger partial charge < -0.3 is 9.30 Å². The van der Waals surface area contributed by atoms with Crippen LogP contribution in [0.25, 0.3) is 22.6 Å². The topological polar surface area (TPSA) is 52.8 Å². The van der Waals surface area contributed by atoms with Gasteiger partial charge in [-0.05, 0) is 17.5 Å². The summed E-state index contributed by atoms with van der Waals surface area (Å²) in [6.07, 6.45) is -0.476. The first-order valence-electron chi connectivity index (χ1n) is 8.03. The quantitative estimate of drug-likeness (QED) is 0.688. The molecule has 0 atom stereocenters. The lowest BCUT2D eigenvalue weighted by Gasteiger charge is -2.20. The smallest absolute Gasteiger partial charge is 0.417 e. The van der Waals surface area contributed by atoms with E-state index in [2.05, 4.69) is 15.0 Å². The molecule has 0 N–H and O–H groups in total. The maximum Gasteiger partial charge on any atom is 0.417 e. The van der Waals surface area contributed by atoms with Gasteiger partial charge in [-0.1, -0.05) is 20.8 Å². The minimum atomic E-state index is -4.46. The number of imidazole rings is 1. The van der Waals surface area contributed by atoms with E-state index >= 15 is 0 Å². The number of aromatic nitrogens is 4. The van der Waals surface area contributed by atoms with Crippen molar-refractivity contribution >= 4 is 11.2 Å². The second kappa shape index (κ2) is 6.26. The molecule has 0 amide bonds. The first-order chi connectivity index (χ1) is 12.1. The van der Waals surface area contributed by atoms with Crippen molar-refractivity contribution in [3.8, 4) is 17.1 Å². The zero-order valence-corrected chi connectivity index (χ0v) is 14.9. The Morgan fingerprint density at radius 3 is 2.54 bits per heavy atom. The van der Waals surface area contributed by atoms with E-state index in [4.69, 9.17) is 4.74 Å². The van der Waals surface area contributed by atoms with Crippen LogP contribution in [0.3, 0.4) is 0 Å². The van der Waals surface area contributed by atoms with E-state index in [1.807, 2.05) is 20.8 Å². The van der Waals surface area contributed by atoms with Gasteiger partial charge in [-0.2, -0.15) is 13.2 Å². The number of pyridine rings is 2. The summed E-state index contributed by atoms with van der Waals surface area (Å²) in [5.41, 5.74) is 0.317. The molecule has 0 fully saturated rings. The van der Waals surface area contributed by atoms with Gasteiger partial charge in [-0.3, -0.25) is 4.98 Å². The number of fused-ring (bicyclic) bond motifs is 1. The van der Waals surface area contributed by atoms with Crippen molar-refractivity contribution in [2.45, 2.75) is 26.9 Å². The normalized spacial score (nSPS) is 12.6. The Balaban J connectivity index is 2.07. The molecule has 3 heterocycles. The summed E-state index contributed by atoms with van der Waals surface area (Å²) in [7, 11) is 1.71. The molecule has 0 unspecified atom stereocenters. The summed E-state index contributed by atoms with van der Waals surface area (Å²) < 4.78 is 46.3. The predicted octanol–water partition coefficient (Wildman–Crippen LogP) is 4.47. The largest absolute Gasteiger partial charge is 0.491 e. The van der Waals surface area contributed by atoms with Gasteiger partial charge in [0.15, 0.2) is 5.65 Å². The van der Waals surface area contributed by atoms with Crippen LogP contribution in [0, 0.1) is 5.41 Å². The highest BCUT2D eigenvalue weighted by atomic mass is 19.4. The number of alkyl halides is 3. The number of aryl methyl sites for hydroxylation is 1. The van der Waals surface area contributed by atoms with Crippen molar-refractivity contribution in [1.82, 2.24) is 19.5 Å². The molecule has 0 spiro atoms. The van der Waals surface area contributed by atoms with Crippen molar-refractivity contribution in [3.63, 3.8) is 0 Å². The number of rotatable bonds is 3. The fraction of sp³-hybridized carbons (Fsp3) is 0.389. The third-order valence-corrected chi connectivity index (χ3v) is 3.72. The van der Waals surface area contributed by atoms with Crippen molar-refractivity contribution < 1.29 is 17.9 Å². The van der Waals surface area contributed by atoms with E-state index in [0.717, 1.165) is 12.3 Å². The molecule has 0 saturated heterocycles. The Morgan fingerprint density at radius 1 is 1.15 bits per heavy atom. The maximum absolute atomic E-state index is 12.9. The van der Waals surface area contributed by atoms with Gasteiger partial charge in [0.25, 0.3) is 0 Å². The molecule has 5 nitrogen and oxygen atoms in total. The molecule has 26 heavy (non-hydrogen) atoms. The Bertz CT molecular complexity index is 942. The van der Waals surface area contributed by atoms with Crippen LogP contribution < -0.4 is 4.74 Å². The fourth-order valence-corrected chi connectivity index (χ4v) is 2.45. The highest BCUT2D eigenvalue weighted by Gasteiger charge is 2.32. The summed E-state index contributed by atoms with van der Waals surface area (Å²) in [5, 5.41) is 0. The Kier molecular flexibility index (Phi) is 4.37. The minimum absolute atomic E-state index is 0.0529. The first kappa shape index (κ1) is 18.2. The third kappa shape index (κ3) is 3.63. The van der Waals surface area contributed by atoms with Gasteiger partial charge in [-0.15, -0.1) is 0 Å². The standard InChI is InChI=1S/C18H19F3N4O/c1-17(2,3)10-26-14-9-22-6-5-12(14)15-24-13-7-11(18(19,20)21)8-23-16(13)25(15)4/h5-9H,10H2,1-4H3. The van der Waals surface area contributed by atoms with Gasteiger partial charge >= 0.3 is 6.18 Å². The number of nitrogens with zero attached hydrogens (tertiary/aromatic N) is 4. The highest BCUT2D eigenvalue weighted by Crippen LogP contribution is 2.34. The van der Waals surface area contributed by atoms with Crippen LogP contribution in [-0.4, -0.2) is 26.1 Å². The van der Waals surface area contributed by atoms with Gasteiger partial charge in [-0.25, -0.2) is 9.97 Å². The van der Waals surface area contributed by atoms with Crippen LogP contribution in [0.1, 0.15) is 26.3 Å². The second-order valence-electron chi connectivity index (χ2n) is 7.28. The van der Waals surface area contributed by atoms with Crippen molar-refractivity contribution in [2.75, 3.05) is 6.61 Å². The average molecular weight is 364 g/mol. The van der Waals surface area contributed by atoms with E-state index in [-0.39, 0.29) is 10.9 Å². The number of hydrogen-bond donors (Lipinski definition) is 0. The van der Waals surface area contributed by atoms with Crippen molar-refractivity contribution in [3.05, 3.63) is 36.3 Å². The molecular formula is C18H19F3N4O. The summed E-state index contributed by atoms with van der Waals surface area (Å²) in [4.78, 5) is 12.4. The number of ether oxygens (including phenoxy) is 1. The lowest BCUT2D eigenvalue weighted by atomic mass is 9.99. The van der Waals surface area contributed by atoms with Gasteiger partial charge in [0.1, 0.15) is 17.1 Å². The summed E-state index contributed by atoms with van der Waals surface area (Å²) in [5.74, 6) is 0.995. The van der Waals surface area contributed by atoms with Crippen LogP contribution >= 0.6 is 0 Å². The lowest BCUT2D eigenvalue weighted by molar-refractivity contribution is -0.137. The Morgan fingerprint density at radius 2 is 1.88 bits per heavy atom. The first-order valence-corrected chi connectivity index (χ1v) is 8.03. The molecular weight excluding hydrogens is 345 g/mol. The molecule has 8 heteroatoms. The van der Waals surface area contributed by atoms with E-state index in [1.165, 1.54) is 0 Å². The zero-order valence-electron chi connectivity index (χ0n) is 14.9. The monoisotopic (exact) mass is 364 g/mol. The van der Waals surface area contributed by atoms with E-state index in [0.29, 0.717) is 29.4 Å². The molecule has 0 saturated carbocycles. The third-order valence-electron chi connectivity index (χ3n) is 3.72.